The van der Waals surface area contributed by atoms with Gasteiger partial charge in [-0.2, -0.15) is 5.10 Å². The molecule has 2 aromatic heterocycles. The van der Waals surface area contributed by atoms with Crippen LogP contribution >= 0.6 is 11.6 Å². The normalized spacial score (nSPS) is 11.2. The summed E-state index contributed by atoms with van der Waals surface area (Å²) in [5, 5.41) is 5.50. The second kappa shape index (κ2) is 10.8. The quantitative estimate of drug-likeness (QED) is 0.154. The van der Waals surface area contributed by atoms with E-state index in [9.17, 15) is 4.79 Å². The molecule has 5 heteroatoms. The Morgan fingerprint density at radius 1 is 0.744 bits per heavy atom. The Balaban J connectivity index is 1.25. The zero-order chi connectivity index (χ0) is 26.6. The van der Waals surface area contributed by atoms with Crippen LogP contribution in [0.4, 0.5) is 0 Å². The maximum absolute atomic E-state index is 12.7. The standard InChI is InChI=1S/C34H23ClN2O2/c35-29-14-8-7-13-28(29)33-21-22-34(39-33)32(38)20-17-24-15-18-27(19-16-24)37-31(26-11-5-2-6-12-26)23-30(36-37)25-9-3-1-4-10-25/h1-23H. The van der Waals surface area contributed by atoms with E-state index in [1.165, 1.54) is 6.08 Å². The maximum atomic E-state index is 12.7. The third kappa shape index (κ3) is 5.24. The van der Waals surface area contributed by atoms with Crippen LogP contribution < -0.4 is 0 Å². The van der Waals surface area contributed by atoms with Crippen molar-refractivity contribution in [2.45, 2.75) is 0 Å². The van der Waals surface area contributed by atoms with Crippen molar-refractivity contribution >= 4 is 23.5 Å². The van der Waals surface area contributed by atoms with E-state index in [0.717, 1.165) is 39.3 Å². The number of allylic oxidation sites excluding steroid dienone is 1. The largest absolute Gasteiger partial charge is 0.453 e. The Labute approximate surface area is 231 Å². The first kappa shape index (κ1) is 24.4. The minimum Gasteiger partial charge on any atom is -0.453 e. The summed E-state index contributed by atoms with van der Waals surface area (Å²) in [4.78, 5) is 12.7. The smallest absolute Gasteiger partial charge is 0.221 e. The van der Waals surface area contributed by atoms with Crippen LogP contribution in [0.3, 0.4) is 0 Å². The molecule has 0 aliphatic carbocycles. The molecular weight excluding hydrogens is 504 g/mol. The lowest BCUT2D eigenvalue weighted by Gasteiger charge is -2.08. The van der Waals surface area contributed by atoms with Gasteiger partial charge >= 0.3 is 0 Å². The number of nitrogens with zero attached hydrogens (tertiary/aromatic N) is 2. The molecule has 188 valence electrons. The molecule has 0 aliphatic rings. The number of carbonyl (C=O) groups is 1. The number of carbonyl (C=O) groups excluding carboxylic acids is 1. The first-order valence-corrected chi connectivity index (χ1v) is 12.9. The summed E-state index contributed by atoms with van der Waals surface area (Å²) in [6.07, 6.45) is 3.29. The Kier molecular flexibility index (Phi) is 6.77. The van der Waals surface area contributed by atoms with Crippen LogP contribution in [0.1, 0.15) is 16.1 Å². The molecule has 0 fully saturated rings. The third-order valence-electron chi connectivity index (χ3n) is 6.40. The monoisotopic (exact) mass is 526 g/mol. The van der Waals surface area contributed by atoms with E-state index >= 15 is 0 Å². The Hall–Kier alpha value is -4.93. The number of hydrogen-bond donors (Lipinski definition) is 0. The van der Waals surface area contributed by atoms with E-state index in [2.05, 4.69) is 30.3 Å². The molecule has 0 bridgehead atoms. The van der Waals surface area contributed by atoms with E-state index in [4.69, 9.17) is 21.1 Å². The average molecular weight is 527 g/mol. The molecule has 0 aliphatic heterocycles. The number of benzene rings is 4. The summed E-state index contributed by atoms with van der Waals surface area (Å²) in [5.74, 6) is 0.601. The highest BCUT2D eigenvalue weighted by Gasteiger charge is 2.14. The van der Waals surface area contributed by atoms with E-state index in [1.807, 2.05) is 83.5 Å². The highest BCUT2D eigenvalue weighted by atomic mass is 35.5. The minimum absolute atomic E-state index is 0.219. The number of ketones is 1. The number of halogens is 1. The van der Waals surface area contributed by atoms with Gasteiger partial charge < -0.3 is 4.42 Å². The van der Waals surface area contributed by atoms with Crippen molar-refractivity contribution < 1.29 is 9.21 Å². The molecular formula is C34H23ClN2O2. The summed E-state index contributed by atoms with van der Waals surface area (Å²) in [7, 11) is 0. The predicted octanol–water partition coefficient (Wildman–Crippen LogP) is 9.02. The van der Waals surface area contributed by atoms with Gasteiger partial charge in [0.15, 0.2) is 5.76 Å². The van der Waals surface area contributed by atoms with Gasteiger partial charge in [0.2, 0.25) is 5.78 Å². The van der Waals surface area contributed by atoms with Crippen LogP contribution in [-0.2, 0) is 0 Å². The van der Waals surface area contributed by atoms with Crippen LogP contribution in [0, 0.1) is 0 Å². The van der Waals surface area contributed by atoms with Gasteiger partial charge in [-0.3, -0.25) is 4.79 Å². The minimum atomic E-state index is -0.219. The Morgan fingerprint density at radius 2 is 1.41 bits per heavy atom. The Bertz CT molecular complexity index is 1770. The first-order valence-electron chi connectivity index (χ1n) is 12.5. The summed E-state index contributed by atoms with van der Waals surface area (Å²) < 4.78 is 7.73. The molecule has 6 rings (SSSR count). The van der Waals surface area contributed by atoms with E-state index in [-0.39, 0.29) is 11.5 Å². The molecule has 4 aromatic carbocycles. The van der Waals surface area contributed by atoms with Crippen molar-refractivity contribution in [2.75, 3.05) is 0 Å². The van der Waals surface area contributed by atoms with Crippen LogP contribution in [0.2, 0.25) is 5.02 Å². The van der Waals surface area contributed by atoms with Crippen molar-refractivity contribution in [1.29, 1.82) is 0 Å². The van der Waals surface area contributed by atoms with Crippen LogP contribution in [0.15, 0.2) is 138 Å². The van der Waals surface area contributed by atoms with Crippen LogP contribution in [-0.4, -0.2) is 15.6 Å². The molecule has 0 amide bonds. The van der Waals surface area contributed by atoms with Crippen molar-refractivity contribution in [1.82, 2.24) is 9.78 Å². The van der Waals surface area contributed by atoms with Gasteiger partial charge in [-0.05, 0) is 54.1 Å². The molecule has 0 N–H and O–H groups in total. The summed E-state index contributed by atoms with van der Waals surface area (Å²) in [5.41, 5.74) is 6.61. The van der Waals surface area contributed by atoms with Crippen molar-refractivity contribution in [3.63, 3.8) is 0 Å². The van der Waals surface area contributed by atoms with Crippen LogP contribution in [0.5, 0.6) is 0 Å². The van der Waals surface area contributed by atoms with Gasteiger partial charge in [-0.1, -0.05) is 103 Å². The zero-order valence-electron chi connectivity index (χ0n) is 20.9. The van der Waals surface area contributed by atoms with E-state index in [1.54, 1.807) is 24.3 Å². The highest BCUT2D eigenvalue weighted by Crippen LogP contribution is 2.30. The summed E-state index contributed by atoms with van der Waals surface area (Å²) in [6.45, 7) is 0. The first-order chi connectivity index (χ1) is 19.2. The van der Waals surface area contributed by atoms with Gasteiger partial charge in [0, 0.05) is 16.7 Å². The number of aromatic nitrogens is 2. The molecule has 0 radical (unpaired) electrons. The predicted molar refractivity (Wildman–Crippen MR) is 157 cm³/mol. The van der Waals surface area contributed by atoms with Gasteiger partial charge in [0.1, 0.15) is 5.76 Å². The van der Waals surface area contributed by atoms with Gasteiger partial charge in [0.05, 0.1) is 22.1 Å². The molecule has 0 atom stereocenters. The molecule has 2 heterocycles. The summed E-state index contributed by atoms with van der Waals surface area (Å²) in [6, 6.07) is 41.2. The van der Waals surface area contributed by atoms with E-state index in [0.29, 0.717) is 10.8 Å². The molecule has 0 saturated carbocycles. The van der Waals surface area contributed by atoms with Gasteiger partial charge in [0.25, 0.3) is 0 Å². The number of furan rings is 1. The average Bonchev–Trinajstić information content (AvgIpc) is 3.66. The fraction of sp³-hybridized carbons (Fsp3) is 0. The molecule has 6 aromatic rings. The third-order valence-corrected chi connectivity index (χ3v) is 6.73. The van der Waals surface area contributed by atoms with Crippen molar-refractivity contribution in [2.24, 2.45) is 0 Å². The number of rotatable bonds is 7. The highest BCUT2D eigenvalue weighted by molar-refractivity contribution is 6.33. The van der Waals surface area contributed by atoms with E-state index < -0.39 is 0 Å². The molecule has 0 spiro atoms. The second-order valence-corrected chi connectivity index (χ2v) is 9.40. The fourth-order valence-corrected chi connectivity index (χ4v) is 4.63. The Morgan fingerprint density at radius 3 is 2.13 bits per heavy atom. The zero-order valence-corrected chi connectivity index (χ0v) is 21.6. The van der Waals surface area contributed by atoms with Crippen LogP contribution in [0.25, 0.3) is 45.6 Å². The SMILES string of the molecule is O=C(C=Cc1ccc(-n2nc(-c3ccccc3)cc2-c2ccccc2)cc1)c1ccc(-c2ccccc2Cl)o1. The van der Waals surface area contributed by atoms with Crippen molar-refractivity contribution in [3.05, 3.63) is 150 Å². The lowest BCUT2D eigenvalue weighted by Crippen LogP contribution is -1.99. The molecule has 4 nitrogen and oxygen atoms in total. The lowest BCUT2D eigenvalue weighted by atomic mass is 10.1. The van der Waals surface area contributed by atoms with Crippen molar-refractivity contribution in [3.8, 4) is 39.5 Å². The molecule has 0 saturated heterocycles. The number of hydrogen-bond acceptors (Lipinski definition) is 3. The topological polar surface area (TPSA) is 48.0 Å². The fourth-order valence-electron chi connectivity index (χ4n) is 4.40. The molecule has 39 heavy (non-hydrogen) atoms. The summed E-state index contributed by atoms with van der Waals surface area (Å²) >= 11 is 6.26. The molecule has 0 unspecified atom stereocenters. The van der Waals surface area contributed by atoms with Gasteiger partial charge in [-0.15, -0.1) is 0 Å². The van der Waals surface area contributed by atoms with Gasteiger partial charge in [-0.25, -0.2) is 4.68 Å². The second-order valence-electron chi connectivity index (χ2n) is 8.99. The maximum Gasteiger partial charge on any atom is 0.221 e. The lowest BCUT2D eigenvalue weighted by molar-refractivity contribution is 0.102.